The summed E-state index contributed by atoms with van der Waals surface area (Å²) in [6.07, 6.45) is 0. The van der Waals surface area contributed by atoms with Gasteiger partial charge in [-0.25, -0.2) is 10.3 Å². The molecule has 18 heavy (non-hydrogen) atoms. The van der Waals surface area contributed by atoms with Crippen LogP contribution in [-0.2, 0) is 13.1 Å². The number of nitrogens with zero attached hydrogens (tertiary/aromatic N) is 2. The van der Waals surface area contributed by atoms with E-state index in [1.165, 1.54) is 16.7 Å². The smallest absolute Gasteiger partial charge is 0.183 e. The molecule has 0 saturated heterocycles. The van der Waals surface area contributed by atoms with Crippen LogP contribution in [0, 0.1) is 0 Å². The highest BCUT2D eigenvalue weighted by Gasteiger charge is 2.13. The van der Waals surface area contributed by atoms with E-state index in [2.05, 4.69) is 53.0 Å². The van der Waals surface area contributed by atoms with Crippen molar-refractivity contribution in [1.82, 2.24) is 10.3 Å². The third kappa shape index (κ3) is 2.26. The minimum Gasteiger partial charge on any atom is -0.359 e. The van der Waals surface area contributed by atoms with Gasteiger partial charge in [0.25, 0.3) is 0 Å². The summed E-state index contributed by atoms with van der Waals surface area (Å²) >= 11 is 1.66. The fourth-order valence-corrected chi connectivity index (χ4v) is 2.97. The van der Waals surface area contributed by atoms with E-state index in [1.54, 1.807) is 11.3 Å². The summed E-state index contributed by atoms with van der Waals surface area (Å²) in [6.45, 7) is 5.97. The minimum absolute atomic E-state index is 0.419. The highest BCUT2D eigenvalue weighted by Crippen LogP contribution is 2.28. The maximum atomic E-state index is 4.62. The first kappa shape index (κ1) is 11.7. The van der Waals surface area contributed by atoms with E-state index in [-0.39, 0.29) is 0 Å². The Morgan fingerprint density at radius 2 is 2.06 bits per heavy atom. The molecule has 1 radical (unpaired) electrons. The second-order valence-corrected chi connectivity index (χ2v) is 5.72. The number of benzene rings is 1. The molecule has 0 aliphatic carbocycles. The van der Waals surface area contributed by atoms with E-state index >= 15 is 0 Å². The lowest BCUT2D eigenvalue weighted by molar-refractivity contribution is 0.746. The van der Waals surface area contributed by atoms with Gasteiger partial charge in [0.1, 0.15) is 0 Å². The zero-order valence-electron chi connectivity index (χ0n) is 10.6. The Bertz CT molecular complexity index is 560. The molecule has 0 spiro atoms. The van der Waals surface area contributed by atoms with E-state index in [0.29, 0.717) is 6.04 Å². The second-order valence-electron chi connectivity index (χ2n) is 4.86. The molecule has 2 aromatic rings. The van der Waals surface area contributed by atoms with E-state index in [9.17, 15) is 0 Å². The third-order valence-electron chi connectivity index (χ3n) is 2.98. The molecule has 2 heterocycles. The van der Waals surface area contributed by atoms with Crippen molar-refractivity contribution in [3.05, 3.63) is 34.7 Å². The number of anilines is 1. The van der Waals surface area contributed by atoms with Gasteiger partial charge in [0.05, 0.1) is 5.69 Å². The van der Waals surface area contributed by atoms with Crippen molar-refractivity contribution in [2.75, 3.05) is 5.32 Å². The first-order valence-electron chi connectivity index (χ1n) is 6.20. The average molecular weight is 258 g/mol. The number of thiazole rings is 1. The standard InChI is InChI=1S/C14H16N3S/c1-9(2)16-14-17-13(8-18-14)10-3-4-11-6-15-7-12(11)5-10/h3-5,8-9H,6-7H2,1-2H3,(H,16,17). The molecule has 1 N–H and O–H groups in total. The molecule has 1 aliphatic heterocycles. The fraction of sp³-hybridized carbons (Fsp3) is 0.357. The largest absolute Gasteiger partial charge is 0.359 e. The molecule has 1 aliphatic rings. The van der Waals surface area contributed by atoms with Crippen LogP contribution in [0.25, 0.3) is 11.3 Å². The Hall–Kier alpha value is -1.39. The van der Waals surface area contributed by atoms with Crippen LogP contribution in [0.5, 0.6) is 0 Å². The SMILES string of the molecule is CC(C)Nc1nc(-c2ccc3c(c2)C[N]C3)cs1. The van der Waals surface area contributed by atoms with Crippen molar-refractivity contribution in [3.8, 4) is 11.3 Å². The molecule has 3 nitrogen and oxygen atoms in total. The maximum absolute atomic E-state index is 4.62. The highest BCUT2D eigenvalue weighted by molar-refractivity contribution is 7.14. The van der Waals surface area contributed by atoms with Gasteiger partial charge in [0.2, 0.25) is 0 Å². The van der Waals surface area contributed by atoms with Gasteiger partial charge in [0, 0.05) is 30.1 Å². The lowest BCUT2D eigenvalue weighted by Gasteiger charge is -2.05. The summed E-state index contributed by atoms with van der Waals surface area (Å²) in [4.78, 5) is 4.62. The monoisotopic (exact) mass is 258 g/mol. The Labute approximate surface area is 111 Å². The van der Waals surface area contributed by atoms with Crippen LogP contribution < -0.4 is 10.6 Å². The van der Waals surface area contributed by atoms with Gasteiger partial charge < -0.3 is 5.32 Å². The Balaban J connectivity index is 1.88. The molecule has 3 rings (SSSR count). The third-order valence-corrected chi connectivity index (χ3v) is 3.76. The Kier molecular flexibility index (Phi) is 3.06. The second kappa shape index (κ2) is 4.71. The molecule has 0 atom stereocenters. The number of rotatable bonds is 3. The molecule has 1 aromatic carbocycles. The summed E-state index contributed by atoms with van der Waals surface area (Å²) in [7, 11) is 0. The summed E-state index contributed by atoms with van der Waals surface area (Å²) < 4.78 is 0. The fourth-order valence-electron chi connectivity index (χ4n) is 2.10. The molecule has 0 bridgehead atoms. The van der Waals surface area contributed by atoms with Crippen molar-refractivity contribution in [2.24, 2.45) is 0 Å². The quantitative estimate of drug-likeness (QED) is 0.918. The topological polar surface area (TPSA) is 39.0 Å². The number of fused-ring (bicyclic) bond motifs is 1. The maximum Gasteiger partial charge on any atom is 0.183 e. The molecule has 4 heteroatoms. The van der Waals surface area contributed by atoms with Crippen LogP contribution >= 0.6 is 11.3 Å². The number of hydrogen-bond acceptors (Lipinski definition) is 3. The van der Waals surface area contributed by atoms with Crippen LogP contribution in [0.15, 0.2) is 23.6 Å². The lowest BCUT2D eigenvalue weighted by atomic mass is 10.1. The summed E-state index contributed by atoms with van der Waals surface area (Å²) in [5.74, 6) is 0. The lowest BCUT2D eigenvalue weighted by Crippen LogP contribution is -2.08. The normalized spacial score (nSPS) is 13.9. The van der Waals surface area contributed by atoms with Crippen molar-refractivity contribution in [2.45, 2.75) is 33.0 Å². The van der Waals surface area contributed by atoms with E-state index < -0.39 is 0 Å². The number of hydrogen-bond donors (Lipinski definition) is 1. The summed E-state index contributed by atoms with van der Waals surface area (Å²) in [5.41, 5.74) is 4.95. The summed E-state index contributed by atoms with van der Waals surface area (Å²) in [5, 5.41) is 10.8. The van der Waals surface area contributed by atoms with Gasteiger partial charge in [0.15, 0.2) is 5.13 Å². The average Bonchev–Trinajstić information content (AvgIpc) is 2.95. The van der Waals surface area contributed by atoms with Gasteiger partial charge >= 0.3 is 0 Å². The molecule has 0 amide bonds. The van der Waals surface area contributed by atoms with Crippen LogP contribution in [0.4, 0.5) is 5.13 Å². The minimum atomic E-state index is 0.419. The van der Waals surface area contributed by atoms with Gasteiger partial charge in [-0.15, -0.1) is 11.3 Å². The first-order valence-corrected chi connectivity index (χ1v) is 7.08. The van der Waals surface area contributed by atoms with Crippen molar-refractivity contribution < 1.29 is 0 Å². The molecule has 0 saturated carbocycles. The van der Waals surface area contributed by atoms with E-state index in [1.807, 2.05) is 0 Å². The number of nitrogens with one attached hydrogen (secondary N) is 1. The van der Waals surface area contributed by atoms with Gasteiger partial charge in [-0.2, -0.15) is 0 Å². The molecular weight excluding hydrogens is 242 g/mol. The molecule has 0 unspecified atom stereocenters. The van der Waals surface area contributed by atoms with Crippen molar-refractivity contribution in [3.63, 3.8) is 0 Å². The van der Waals surface area contributed by atoms with Gasteiger partial charge in [-0.3, -0.25) is 0 Å². The highest BCUT2D eigenvalue weighted by atomic mass is 32.1. The zero-order chi connectivity index (χ0) is 12.5. The van der Waals surface area contributed by atoms with Crippen LogP contribution in [-0.4, -0.2) is 11.0 Å². The van der Waals surface area contributed by atoms with E-state index in [0.717, 1.165) is 23.9 Å². The van der Waals surface area contributed by atoms with Crippen molar-refractivity contribution >= 4 is 16.5 Å². The molecule has 93 valence electrons. The van der Waals surface area contributed by atoms with Crippen molar-refractivity contribution in [1.29, 1.82) is 0 Å². The zero-order valence-corrected chi connectivity index (χ0v) is 11.4. The molecule has 1 aromatic heterocycles. The number of aromatic nitrogens is 1. The van der Waals surface area contributed by atoms with Crippen LogP contribution in [0.2, 0.25) is 0 Å². The Morgan fingerprint density at radius 1 is 1.22 bits per heavy atom. The van der Waals surface area contributed by atoms with Gasteiger partial charge in [-0.05, 0) is 31.0 Å². The Morgan fingerprint density at radius 3 is 2.89 bits per heavy atom. The summed E-state index contributed by atoms with van der Waals surface area (Å²) in [6, 6.07) is 6.96. The molecule has 0 fully saturated rings. The van der Waals surface area contributed by atoms with Crippen LogP contribution in [0.1, 0.15) is 25.0 Å². The predicted octanol–water partition coefficient (Wildman–Crippen LogP) is 3.25. The van der Waals surface area contributed by atoms with Gasteiger partial charge in [-0.1, -0.05) is 12.1 Å². The first-order chi connectivity index (χ1) is 8.72. The van der Waals surface area contributed by atoms with E-state index in [4.69, 9.17) is 0 Å². The predicted molar refractivity (Wildman–Crippen MR) is 75.9 cm³/mol. The molecular formula is C14H16N3S. The van der Waals surface area contributed by atoms with Crippen LogP contribution in [0.3, 0.4) is 0 Å².